The van der Waals surface area contributed by atoms with Crippen molar-refractivity contribution < 1.29 is 17.5 Å². The lowest BCUT2D eigenvalue weighted by Gasteiger charge is -2.35. The maximum absolute atomic E-state index is 14.0. The van der Waals surface area contributed by atoms with E-state index in [9.17, 15) is 12.8 Å². The Labute approximate surface area is 167 Å². The van der Waals surface area contributed by atoms with Gasteiger partial charge in [-0.1, -0.05) is 57.9 Å². The van der Waals surface area contributed by atoms with Crippen LogP contribution in [0.3, 0.4) is 0 Å². The Hall–Kier alpha value is -2.02. The van der Waals surface area contributed by atoms with Crippen molar-refractivity contribution in [2.24, 2.45) is 10.8 Å². The number of ether oxygens (including phenoxy) is 1. The Balaban J connectivity index is 1.80. The molecule has 1 heterocycles. The topological polar surface area (TPSA) is 55.4 Å². The van der Waals surface area contributed by atoms with Gasteiger partial charge in [0.15, 0.2) is 6.71 Å². The number of benzene rings is 2. The summed E-state index contributed by atoms with van der Waals surface area (Å²) in [6.45, 7) is 9.67. The molecule has 28 heavy (non-hydrogen) atoms. The molecule has 1 aliphatic rings. The van der Waals surface area contributed by atoms with E-state index in [1.54, 1.807) is 12.1 Å². The highest BCUT2D eigenvalue weighted by Crippen LogP contribution is 2.52. The van der Waals surface area contributed by atoms with E-state index >= 15 is 0 Å². The molecule has 150 valence electrons. The van der Waals surface area contributed by atoms with Crippen LogP contribution in [0.5, 0.6) is 5.75 Å². The van der Waals surface area contributed by atoms with Crippen LogP contribution in [0.15, 0.2) is 47.4 Å². The Morgan fingerprint density at radius 2 is 1.57 bits per heavy atom. The summed E-state index contributed by atoms with van der Waals surface area (Å²) in [5.41, 5.74) is 2.11. The monoisotopic (exact) mass is 403 g/mol. The van der Waals surface area contributed by atoms with Gasteiger partial charge in [0.25, 0.3) is 10.0 Å². The van der Waals surface area contributed by atoms with Crippen molar-refractivity contribution >= 4 is 27.9 Å². The van der Waals surface area contributed by atoms with Crippen molar-refractivity contribution in [2.75, 3.05) is 11.8 Å². The highest BCUT2D eigenvalue weighted by molar-refractivity contribution is 7.92. The minimum absolute atomic E-state index is 0.252. The molecule has 4 nitrogen and oxygen atoms in total. The second-order valence-electron chi connectivity index (χ2n) is 8.90. The first-order valence-corrected chi connectivity index (χ1v) is 10.9. The summed E-state index contributed by atoms with van der Waals surface area (Å²) in [6, 6.07) is 11.0. The summed E-state index contributed by atoms with van der Waals surface area (Å²) in [4.78, 5) is -0.435. The lowest BCUT2D eigenvalue weighted by Crippen LogP contribution is -2.27. The maximum atomic E-state index is 14.0. The third kappa shape index (κ3) is 3.90. The van der Waals surface area contributed by atoms with Crippen molar-refractivity contribution in [3.8, 4) is 5.75 Å². The summed E-state index contributed by atoms with van der Waals surface area (Å²) in [7, 11) is -2.65. The highest BCUT2D eigenvalue weighted by atomic mass is 32.2. The summed E-state index contributed by atoms with van der Waals surface area (Å²) in [5.74, 6) is -0.538. The molecule has 1 N–H and O–H groups in total. The van der Waals surface area contributed by atoms with Crippen molar-refractivity contribution in [2.45, 2.75) is 45.2 Å². The summed E-state index contributed by atoms with van der Waals surface area (Å²) in [5, 5.41) is 0. The molecule has 1 aliphatic heterocycles. The molecule has 0 unspecified atom stereocenters. The number of anilines is 1. The average molecular weight is 403 g/mol. The molecular formula is C21H27BFNO3S. The fourth-order valence-electron chi connectivity index (χ4n) is 3.94. The lowest BCUT2D eigenvalue weighted by molar-refractivity contribution is 0.177. The molecule has 1 saturated heterocycles. The molecule has 0 saturated carbocycles. The molecule has 7 heteroatoms. The third-order valence-corrected chi connectivity index (χ3v) is 7.80. The molecule has 3 rings (SSSR count). The number of rotatable bonds is 5. The zero-order valence-corrected chi connectivity index (χ0v) is 17.9. The normalized spacial score (nSPS) is 18.1. The Kier molecular flexibility index (Phi) is 5.25. The minimum Gasteiger partial charge on any atom is -0.497 e. The predicted octanol–water partition coefficient (Wildman–Crippen LogP) is 4.40. The largest absolute Gasteiger partial charge is 0.497 e. The van der Waals surface area contributed by atoms with Crippen LogP contribution in [0.25, 0.3) is 0 Å². The van der Waals surface area contributed by atoms with Crippen LogP contribution in [0, 0.1) is 16.6 Å². The van der Waals surface area contributed by atoms with Crippen LogP contribution >= 0.6 is 0 Å². The molecule has 0 bridgehead atoms. The zero-order chi connectivity index (χ0) is 20.7. The van der Waals surface area contributed by atoms with Gasteiger partial charge < -0.3 is 4.74 Å². The van der Waals surface area contributed by atoms with E-state index in [0.717, 1.165) is 18.7 Å². The molecule has 0 aromatic heterocycles. The van der Waals surface area contributed by atoms with Crippen molar-refractivity contribution in [1.82, 2.24) is 0 Å². The van der Waals surface area contributed by atoms with E-state index in [1.807, 2.05) is 12.1 Å². The molecule has 0 amide bonds. The zero-order valence-electron chi connectivity index (χ0n) is 17.0. The van der Waals surface area contributed by atoms with Gasteiger partial charge in [0, 0.05) is 11.8 Å². The Bertz CT molecular complexity index is 956. The van der Waals surface area contributed by atoms with Gasteiger partial charge in [0.05, 0.1) is 7.11 Å². The van der Waals surface area contributed by atoms with Crippen molar-refractivity contribution in [3.05, 3.63) is 48.3 Å². The van der Waals surface area contributed by atoms with E-state index in [2.05, 4.69) is 32.4 Å². The number of hydrogen-bond donors (Lipinski definition) is 1. The van der Waals surface area contributed by atoms with Gasteiger partial charge in [-0.3, -0.25) is 4.72 Å². The van der Waals surface area contributed by atoms with Crippen LogP contribution in [0.1, 0.15) is 27.7 Å². The quantitative estimate of drug-likeness (QED) is 0.753. The van der Waals surface area contributed by atoms with Crippen molar-refractivity contribution in [3.63, 3.8) is 0 Å². The second kappa shape index (κ2) is 7.10. The van der Waals surface area contributed by atoms with E-state index in [4.69, 9.17) is 4.74 Å². The smallest absolute Gasteiger partial charge is 0.264 e. The van der Waals surface area contributed by atoms with Gasteiger partial charge in [0.1, 0.15) is 16.5 Å². The average Bonchev–Trinajstić information content (AvgIpc) is 2.83. The minimum atomic E-state index is -4.05. The molecule has 0 radical (unpaired) electrons. The summed E-state index contributed by atoms with van der Waals surface area (Å²) < 4.78 is 46.7. The van der Waals surface area contributed by atoms with Crippen LogP contribution in [-0.2, 0) is 10.0 Å². The Morgan fingerprint density at radius 3 is 2.11 bits per heavy atom. The number of halogens is 1. The standard InChI is InChI=1S/C21H27BFNO3S/c1-20(2)13-22(14-21(20,3)4)15-6-8-16(9-7-15)24-28(25,26)19-12-17(27-5)10-11-18(19)23/h6-12,24H,13-14H2,1-5H3. The van der Waals surface area contributed by atoms with E-state index in [1.165, 1.54) is 24.7 Å². The van der Waals surface area contributed by atoms with Crippen LogP contribution in [-0.4, -0.2) is 22.2 Å². The van der Waals surface area contributed by atoms with Crippen LogP contribution in [0.4, 0.5) is 10.1 Å². The van der Waals surface area contributed by atoms with Crippen LogP contribution in [0.2, 0.25) is 12.6 Å². The molecule has 0 aliphatic carbocycles. The molecular weight excluding hydrogens is 376 g/mol. The van der Waals surface area contributed by atoms with E-state index in [0.29, 0.717) is 12.4 Å². The van der Waals surface area contributed by atoms with Gasteiger partial charge in [-0.05, 0) is 35.1 Å². The summed E-state index contributed by atoms with van der Waals surface area (Å²) in [6.07, 6.45) is 2.19. The first kappa shape index (κ1) is 20.7. The number of nitrogens with one attached hydrogen (secondary N) is 1. The SMILES string of the molecule is COc1ccc(F)c(S(=O)(=O)Nc2ccc(B3CC(C)(C)C(C)(C)C3)cc2)c1. The number of methoxy groups -OCH3 is 1. The van der Waals surface area contributed by atoms with Crippen LogP contribution < -0.4 is 14.9 Å². The highest BCUT2D eigenvalue weighted by Gasteiger charge is 2.47. The molecule has 0 spiro atoms. The number of sulfonamides is 1. The molecule has 0 atom stereocenters. The van der Waals surface area contributed by atoms with Gasteiger partial charge in [-0.15, -0.1) is 0 Å². The van der Waals surface area contributed by atoms with E-state index < -0.39 is 20.7 Å². The van der Waals surface area contributed by atoms with Gasteiger partial charge in [0.2, 0.25) is 0 Å². The van der Waals surface area contributed by atoms with Gasteiger partial charge in [-0.25, -0.2) is 12.8 Å². The first-order valence-electron chi connectivity index (χ1n) is 9.41. The third-order valence-electron chi connectivity index (χ3n) is 6.41. The predicted molar refractivity (Wildman–Crippen MR) is 113 cm³/mol. The van der Waals surface area contributed by atoms with E-state index in [-0.39, 0.29) is 16.6 Å². The number of hydrogen-bond acceptors (Lipinski definition) is 3. The molecule has 2 aromatic carbocycles. The fraction of sp³-hybridized carbons (Fsp3) is 0.429. The first-order chi connectivity index (χ1) is 12.9. The second-order valence-corrected chi connectivity index (χ2v) is 10.5. The fourth-order valence-corrected chi connectivity index (χ4v) is 5.09. The maximum Gasteiger partial charge on any atom is 0.264 e. The summed E-state index contributed by atoms with van der Waals surface area (Å²) >= 11 is 0. The van der Waals surface area contributed by atoms with Gasteiger partial charge >= 0.3 is 0 Å². The van der Waals surface area contributed by atoms with Crippen molar-refractivity contribution in [1.29, 1.82) is 0 Å². The Morgan fingerprint density at radius 1 is 1.00 bits per heavy atom. The molecule has 2 aromatic rings. The molecule has 1 fully saturated rings. The van der Waals surface area contributed by atoms with Gasteiger partial charge in [-0.2, -0.15) is 0 Å². The lowest BCUT2D eigenvalue weighted by atomic mass is 9.42.